The lowest BCUT2D eigenvalue weighted by Gasteiger charge is -2.32. The number of amides is 2. The number of hydrogen-bond acceptors (Lipinski definition) is 5. The van der Waals surface area contributed by atoms with Crippen LogP contribution < -0.4 is 14.4 Å². The number of benzene rings is 3. The van der Waals surface area contributed by atoms with Crippen molar-refractivity contribution in [3.8, 4) is 5.75 Å². The number of carbonyl (C=O) groups excluding carboxylic acids is 2. The summed E-state index contributed by atoms with van der Waals surface area (Å²) in [6.07, 6.45) is 0. The topological polar surface area (TPSA) is 96.0 Å². The highest BCUT2D eigenvalue weighted by Gasteiger charge is 2.32. The number of ether oxygens (including phenoxy) is 1. The van der Waals surface area contributed by atoms with Crippen LogP contribution in [0.2, 0.25) is 0 Å². The summed E-state index contributed by atoms with van der Waals surface area (Å²) in [6.45, 7) is 3.11. The van der Waals surface area contributed by atoms with Crippen LogP contribution in [-0.4, -0.2) is 51.9 Å². The Morgan fingerprint density at radius 2 is 1.63 bits per heavy atom. The number of nitrogens with one attached hydrogen (secondary N) is 1. The van der Waals surface area contributed by atoms with Crippen LogP contribution in [0.25, 0.3) is 0 Å². The predicted molar refractivity (Wildman–Crippen MR) is 155 cm³/mol. The normalized spacial score (nSPS) is 11.9. The van der Waals surface area contributed by atoms with Crippen molar-refractivity contribution in [1.82, 2.24) is 10.2 Å². The van der Waals surface area contributed by atoms with Gasteiger partial charge in [0, 0.05) is 18.1 Å². The molecule has 0 saturated heterocycles. The van der Waals surface area contributed by atoms with E-state index in [-0.39, 0.29) is 17.3 Å². The van der Waals surface area contributed by atoms with E-state index in [1.54, 1.807) is 37.3 Å². The Morgan fingerprint density at radius 3 is 2.18 bits per heavy atom. The van der Waals surface area contributed by atoms with Crippen LogP contribution in [0.15, 0.2) is 80.6 Å². The molecule has 0 aliphatic rings. The van der Waals surface area contributed by atoms with Crippen molar-refractivity contribution in [3.05, 3.63) is 86.8 Å². The van der Waals surface area contributed by atoms with E-state index in [0.717, 1.165) is 19.9 Å². The Kier molecular flexibility index (Phi) is 9.97. The minimum absolute atomic E-state index is 0.0163. The number of sulfonamides is 1. The third-order valence-electron chi connectivity index (χ3n) is 5.99. The van der Waals surface area contributed by atoms with Gasteiger partial charge in [-0.05, 0) is 77.8 Å². The third kappa shape index (κ3) is 6.95. The first kappa shape index (κ1) is 29.7. The highest BCUT2D eigenvalue weighted by atomic mass is 79.9. The zero-order valence-electron chi connectivity index (χ0n) is 21.4. The Morgan fingerprint density at radius 1 is 1.00 bits per heavy atom. The van der Waals surface area contributed by atoms with Crippen LogP contribution in [-0.2, 0) is 26.2 Å². The van der Waals surface area contributed by atoms with Crippen LogP contribution in [0, 0.1) is 6.92 Å². The smallest absolute Gasteiger partial charge is 0.264 e. The van der Waals surface area contributed by atoms with Crippen LogP contribution >= 0.6 is 31.9 Å². The fraction of sp³-hybridized carbons (Fsp3) is 0.259. The fourth-order valence-corrected chi connectivity index (χ4v) is 6.15. The maximum absolute atomic E-state index is 13.9. The van der Waals surface area contributed by atoms with Gasteiger partial charge >= 0.3 is 0 Å². The lowest BCUT2D eigenvalue weighted by molar-refractivity contribution is -0.139. The average Bonchev–Trinajstić information content (AvgIpc) is 2.90. The van der Waals surface area contributed by atoms with Crippen LogP contribution in [0.3, 0.4) is 0 Å². The molecule has 2 amide bonds. The number of likely N-dealkylation sites (N-methyl/N-ethyl adjacent to an activating group) is 1. The summed E-state index contributed by atoms with van der Waals surface area (Å²) in [5.74, 6) is -0.415. The number of aryl methyl sites for hydroxylation is 1. The molecule has 0 fully saturated rings. The highest BCUT2D eigenvalue weighted by molar-refractivity contribution is 9.10. The van der Waals surface area contributed by atoms with Crippen LogP contribution in [0.5, 0.6) is 5.75 Å². The van der Waals surface area contributed by atoms with Gasteiger partial charge in [0.2, 0.25) is 11.8 Å². The van der Waals surface area contributed by atoms with Crippen molar-refractivity contribution < 1.29 is 22.7 Å². The number of rotatable bonds is 10. The molecule has 0 bridgehead atoms. The summed E-state index contributed by atoms with van der Waals surface area (Å²) in [5.41, 5.74) is 2.06. The van der Waals surface area contributed by atoms with E-state index in [1.807, 2.05) is 31.2 Å². The van der Waals surface area contributed by atoms with E-state index in [4.69, 9.17) is 4.74 Å². The number of anilines is 1. The molecular weight excluding hydrogens is 638 g/mol. The summed E-state index contributed by atoms with van der Waals surface area (Å²) in [7, 11) is -1.20. The van der Waals surface area contributed by atoms with Crippen molar-refractivity contribution in [3.63, 3.8) is 0 Å². The van der Waals surface area contributed by atoms with E-state index < -0.39 is 28.5 Å². The third-order valence-corrected chi connectivity index (χ3v) is 8.91. The number of halogens is 2. The lowest BCUT2D eigenvalue weighted by atomic mass is 10.1. The molecule has 0 aliphatic carbocycles. The van der Waals surface area contributed by atoms with Gasteiger partial charge in [-0.1, -0.05) is 45.8 Å². The Labute approximate surface area is 240 Å². The second-order valence-corrected chi connectivity index (χ2v) is 12.2. The van der Waals surface area contributed by atoms with E-state index in [9.17, 15) is 18.0 Å². The van der Waals surface area contributed by atoms with E-state index in [1.165, 1.54) is 31.2 Å². The molecule has 8 nitrogen and oxygen atoms in total. The standard InChI is InChI=1S/C27H29Br2N3O5S/c1-18-5-11-22(12-6-18)32(38(35,36)23-13-14-25(37-4)24(29)15-23)17-26(33)31(19(2)27(34)30-3)16-20-7-9-21(28)10-8-20/h5-15,19H,16-17H2,1-4H3,(H,30,34)/t19-/m0/s1. The van der Waals surface area contributed by atoms with Crippen molar-refractivity contribution in [2.24, 2.45) is 0 Å². The maximum Gasteiger partial charge on any atom is 0.264 e. The van der Waals surface area contributed by atoms with E-state index in [2.05, 4.69) is 37.2 Å². The first-order valence-corrected chi connectivity index (χ1v) is 14.7. The molecule has 11 heteroatoms. The Balaban J connectivity index is 2.04. The van der Waals surface area contributed by atoms with Gasteiger partial charge in [0.25, 0.3) is 10.0 Å². The van der Waals surface area contributed by atoms with Gasteiger partial charge < -0.3 is 15.0 Å². The van der Waals surface area contributed by atoms with Gasteiger partial charge in [-0.2, -0.15) is 0 Å². The molecule has 3 rings (SSSR count). The quantitative estimate of drug-likeness (QED) is 0.333. The van der Waals surface area contributed by atoms with Gasteiger partial charge in [-0.3, -0.25) is 13.9 Å². The molecule has 0 radical (unpaired) electrons. The molecule has 1 N–H and O–H groups in total. The Hall–Kier alpha value is -2.89. The molecular formula is C27H29Br2N3O5S. The largest absolute Gasteiger partial charge is 0.496 e. The molecule has 0 aliphatic heterocycles. The number of methoxy groups -OCH3 is 1. The van der Waals surface area contributed by atoms with E-state index in [0.29, 0.717) is 15.9 Å². The SMILES string of the molecule is CNC(=O)[C@H](C)N(Cc1ccc(Br)cc1)C(=O)CN(c1ccc(C)cc1)S(=O)(=O)c1ccc(OC)c(Br)c1. The van der Waals surface area contributed by atoms with Crippen molar-refractivity contribution in [1.29, 1.82) is 0 Å². The van der Waals surface area contributed by atoms with Crippen LogP contribution in [0.1, 0.15) is 18.1 Å². The van der Waals surface area contributed by atoms with Gasteiger partial charge in [-0.25, -0.2) is 8.42 Å². The minimum atomic E-state index is -4.18. The van der Waals surface area contributed by atoms with Gasteiger partial charge in [-0.15, -0.1) is 0 Å². The number of nitrogens with zero attached hydrogens (tertiary/aromatic N) is 2. The molecule has 38 heavy (non-hydrogen) atoms. The second-order valence-electron chi connectivity index (χ2n) is 8.58. The van der Waals surface area contributed by atoms with Gasteiger partial charge in [0.1, 0.15) is 18.3 Å². The van der Waals surface area contributed by atoms with Crippen LogP contribution in [0.4, 0.5) is 5.69 Å². The zero-order valence-corrected chi connectivity index (χ0v) is 25.4. The number of carbonyl (C=O) groups is 2. The molecule has 0 saturated carbocycles. The molecule has 202 valence electrons. The van der Waals surface area contributed by atoms with Gasteiger partial charge in [0.05, 0.1) is 22.2 Å². The van der Waals surface area contributed by atoms with Crippen molar-refractivity contribution in [2.45, 2.75) is 31.3 Å². The summed E-state index contributed by atoms with van der Waals surface area (Å²) in [6, 6.07) is 17.8. The zero-order chi connectivity index (χ0) is 28.0. The molecule has 0 spiro atoms. The fourth-order valence-electron chi connectivity index (χ4n) is 3.75. The second kappa shape index (κ2) is 12.8. The minimum Gasteiger partial charge on any atom is -0.496 e. The monoisotopic (exact) mass is 665 g/mol. The maximum atomic E-state index is 13.9. The van der Waals surface area contributed by atoms with E-state index >= 15 is 0 Å². The summed E-state index contributed by atoms with van der Waals surface area (Å²) in [5, 5.41) is 2.57. The lowest BCUT2D eigenvalue weighted by Crippen LogP contribution is -2.50. The summed E-state index contributed by atoms with van der Waals surface area (Å²) >= 11 is 6.74. The van der Waals surface area contributed by atoms with Gasteiger partial charge in [0.15, 0.2) is 0 Å². The molecule has 0 aromatic heterocycles. The van der Waals surface area contributed by atoms with Crippen molar-refractivity contribution in [2.75, 3.05) is 25.0 Å². The molecule has 0 heterocycles. The average molecular weight is 667 g/mol. The number of hydrogen-bond donors (Lipinski definition) is 1. The molecule has 3 aromatic carbocycles. The first-order valence-electron chi connectivity index (χ1n) is 11.7. The predicted octanol–water partition coefficient (Wildman–Crippen LogP) is 4.89. The Bertz CT molecular complexity index is 1400. The molecule has 3 aromatic rings. The summed E-state index contributed by atoms with van der Waals surface area (Å²) in [4.78, 5) is 27.7. The summed E-state index contributed by atoms with van der Waals surface area (Å²) < 4.78 is 35.4. The first-order chi connectivity index (χ1) is 18.0. The highest BCUT2D eigenvalue weighted by Crippen LogP contribution is 2.31. The molecule has 0 unspecified atom stereocenters. The molecule has 1 atom stereocenters. The van der Waals surface area contributed by atoms with Crippen molar-refractivity contribution >= 4 is 59.4 Å².